The zero-order valence-corrected chi connectivity index (χ0v) is 17.9. The van der Waals surface area contributed by atoms with Gasteiger partial charge in [-0.3, -0.25) is 4.99 Å². The van der Waals surface area contributed by atoms with Crippen molar-refractivity contribution in [3.8, 4) is 11.5 Å². The van der Waals surface area contributed by atoms with Crippen molar-refractivity contribution in [3.63, 3.8) is 0 Å². The van der Waals surface area contributed by atoms with Crippen molar-refractivity contribution in [2.45, 2.75) is 39.4 Å². The van der Waals surface area contributed by atoms with Gasteiger partial charge in [0.1, 0.15) is 5.60 Å². The maximum atomic E-state index is 12.5. The van der Waals surface area contributed by atoms with Crippen molar-refractivity contribution >= 4 is 12.1 Å². The molecule has 0 aliphatic carbocycles. The van der Waals surface area contributed by atoms with Crippen LogP contribution in [0.4, 0.5) is 13.6 Å². The van der Waals surface area contributed by atoms with Gasteiger partial charge in [-0.2, -0.15) is 8.78 Å². The predicted molar refractivity (Wildman–Crippen MR) is 109 cm³/mol. The first-order valence-corrected chi connectivity index (χ1v) is 9.73. The fourth-order valence-corrected chi connectivity index (χ4v) is 2.91. The van der Waals surface area contributed by atoms with Crippen molar-refractivity contribution in [2.75, 3.05) is 39.8 Å². The first kappa shape index (κ1) is 23.5. The molecule has 2 rings (SSSR count). The lowest BCUT2D eigenvalue weighted by molar-refractivity contribution is -0.0512. The zero-order valence-electron chi connectivity index (χ0n) is 17.9. The number of carbonyl (C=O) groups excluding carboxylic acids is 1. The lowest BCUT2D eigenvalue weighted by atomic mass is 10.1. The van der Waals surface area contributed by atoms with E-state index in [0.717, 1.165) is 5.56 Å². The minimum absolute atomic E-state index is 0.0137. The molecule has 0 spiro atoms. The van der Waals surface area contributed by atoms with Crippen LogP contribution in [0.1, 0.15) is 26.3 Å². The lowest BCUT2D eigenvalue weighted by Crippen LogP contribution is -2.53. The van der Waals surface area contributed by atoms with E-state index in [1.165, 1.54) is 13.2 Å². The summed E-state index contributed by atoms with van der Waals surface area (Å²) in [6.07, 6.45) is 0.168. The molecule has 1 amide bonds. The standard InChI is InChI=1S/C20H30F2N4O4/c1-20(2,3)30-19(27)26-11-9-25(10-12-26)18(23)24-8-7-14-5-6-15(28-4)16(13-14)29-17(21)22/h5-6,13,17H,7-12H2,1-4H3,(H2,23,24). The predicted octanol–water partition coefficient (Wildman–Crippen LogP) is 2.71. The van der Waals surface area contributed by atoms with E-state index in [-0.39, 0.29) is 17.6 Å². The Morgan fingerprint density at radius 2 is 1.80 bits per heavy atom. The smallest absolute Gasteiger partial charge is 0.410 e. The summed E-state index contributed by atoms with van der Waals surface area (Å²) in [6.45, 7) is 5.06. The van der Waals surface area contributed by atoms with Gasteiger partial charge in [0.15, 0.2) is 17.5 Å². The molecule has 1 aromatic rings. The Balaban J connectivity index is 1.86. The van der Waals surface area contributed by atoms with Crippen LogP contribution in [0.3, 0.4) is 0 Å². The van der Waals surface area contributed by atoms with Gasteiger partial charge in [0.05, 0.1) is 7.11 Å². The number of carbonyl (C=O) groups is 1. The van der Waals surface area contributed by atoms with Gasteiger partial charge in [-0.05, 0) is 44.9 Å². The summed E-state index contributed by atoms with van der Waals surface area (Å²) in [5.74, 6) is 0.613. The van der Waals surface area contributed by atoms with Gasteiger partial charge in [0.25, 0.3) is 0 Å². The topological polar surface area (TPSA) is 89.6 Å². The number of guanidine groups is 1. The molecule has 1 aliphatic heterocycles. The number of hydrogen-bond donors (Lipinski definition) is 1. The van der Waals surface area contributed by atoms with Gasteiger partial charge in [-0.15, -0.1) is 0 Å². The summed E-state index contributed by atoms with van der Waals surface area (Å²) >= 11 is 0. The van der Waals surface area contributed by atoms with Crippen LogP contribution in [-0.2, 0) is 11.2 Å². The number of ether oxygens (including phenoxy) is 3. The Hall–Kier alpha value is -2.78. The third-order valence-corrected chi connectivity index (χ3v) is 4.37. The van der Waals surface area contributed by atoms with Gasteiger partial charge < -0.3 is 29.7 Å². The van der Waals surface area contributed by atoms with Crippen LogP contribution >= 0.6 is 0 Å². The van der Waals surface area contributed by atoms with Crippen LogP contribution in [0.2, 0.25) is 0 Å². The third kappa shape index (κ3) is 7.23. The first-order valence-electron chi connectivity index (χ1n) is 9.73. The number of aliphatic imine (C=N–C) groups is 1. The number of methoxy groups -OCH3 is 1. The van der Waals surface area contributed by atoms with Crippen molar-refractivity contribution in [1.29, 1.82) is 0 Å². The Labute approximate surface area is 175 Å². The molecule has 10 heteroatoms. The molecule has 0 aromatic heterocycles. The summed E-state index contributed by atoms with van der Waals surface area (Å²) in [7, 11) is 1.39. The number of nitrogens with two attached hydrogens (primary N) is 1. The van der Waals surface area contributed by atoms with Crippen LogP contribution < -0.4 is 15.2 Å². The number of alkyl halides is 2. The highest BCUT2D eigenvalue weighted by atomic mass is 19.3. The zero-order chi connectivity index (χ0) is 22.3. The van der Waals surface area contributed by atoms with Gasteiger partial charge in [-0.1, -0.05) is 6.07 Å². The van der Waals surface area contributed by atoms with E-state index in [9.17, 15) is 13.6 Å². The van der Waals surface area contributed by atoms with Gasteiger partial charge in [-0.25, -0.2) is 4.79 Å². The SMILES string of the molecule is COc1ccc(CCN=C(N)N2CCN(C(=O)OC(C)(C)C)CC2)cc1OC(F)F. The normalized spacial score (nSPS) is 15.4. The number of piperazine rings is 1. The Morgan fingerprint density at radius 3 is 2.37 bits per heavy atom. The number of nitrogens with zero attached hydrogens (tertiary/aromatic N) is 3. The Kier molecular flexibility index (Phi) is 8.08. The first-order chi connectivity index (χ1) is 14.1. The largest absolute Gasteiger partial charge is 0.493 e. The molecule has 168 valence electrons. The number of benzene rings is 1. The maximum absolute atomic E-state index is 12.5. The lowest BCUT2D eigenvalue weighted by Gasteiger charge is -2.36. The van der Waals surface area contributed by atoms with E-state index < -0.39 is 12.2 Å². The van der Waals surface area contributed by atoms with Gasteiger partial charge in [0.2, 0.25) is 0 Å². The molecule has 1 saturated heterocycles. The highest BCUT2D eigenvalue weighted by molar-refractivity contribution is 5.78. The molecule has 0 bridgehead atoms. The summed E-state index contributed by atoms with van der Waals surface area (Å²) < 4.78 is 40.0. The summed E-state index contributed by atoms with van der Waals surface area (Å²) in [5.41, 5.74) is 6.32. The highest BCUT2D eigenvalue weighted by Gasteiger charge is 2.26. The second-order valence-corrected chi connectivity index (χ2v) is 7.81. The van der Waals surface area contributed by atoms with Crippen molar-refractivity contribution in [1.82, 2.24) is 9.80 Å². The highest BCUT2D eigenvalue weighted by Crippen LogP contribution is 2.29. The second-order valence-electron chi connectivity index (χ2n) is 7.81. The Morgan fingerprint density at radius 1 is 1.17 bits per heavy atom. The van der Waals surface area contributed by atoms with Crippen molar-refractivity contribution in [3.05, 3.63) is 23.8 Å². The van der Waals surface area contributed by atoms with Crippen LogP contribution in [0.5, 0.6) is 11.5 Å². The van der Waals surface area contributed by atoms with Crippen LogP contribution in [0.15, 0.2) is 23.2 Å². The van der Waals surface area contributed by atoms with Crippen molar-refractivity contribution in [2.24, 2.45) is 10.7 Å². The molecule has 2 N–H and O–H groups in total. The number of hydrogen-bond acceptors (Lipinski definition) is 5. The van der Waals surface area contributed by atoms with Crippen LogP contribution in [0.25, 0.3) is 0 Å². The fourth-order valence-electron chi connectivity index (χ4n) is 2.91. The average Bonchev–Trinajstić information content (AvgIpc) is 2.66. The number of rotatable bonds is 6. The molecule has 1 heterocycles. The molecule has 8 nitrogen and oxygen atoms in total. The second kappa shape index (κ2) is 10.3. The molecule has 1 fully saturated rings. The molecule has 1 aromatic carbocycles. The van der Waals surface area contributed by atoms with Crippen molar-refractivity contribution < 1.29 is 27.8 Å². The molecule has 0 unspecified atom stereocenters. The molecular formula is C20H30F2N4O4. The molecule has 0 radical (unpaired) electrons. The molecule has 30 heavy (non-hydrogen) atoms. The number of halogens is 2. The molecule has 0 saturated carbocycles. The van der Waals surface area contributed by atoms with E-state index >= 15 is 0 Å². The minimum atomic E-state index is -2.93. The number of amides is 1. The molecule has 1 aliphatic rings. The van der Waals surface area contributed by atoms with Crippen LogP contribution in [-0.4, -0.2) is 73.9 Å². The molecule has 0 atom stereocenters. The summed E-state index contributed by atoms with van der Waals surface area (Å²) in [5, 5.41) is 0. The molecular weight excluding hydrogens is 398 g/mol. The summed E-state index contributed by atoms with van der Waals surface area (Å²) in [4.78, 5) is 20.0. The summed E-state index contributed by atoms with van der Waals surface area (Å²) in [6, 6.07) is 4.86. The van der Waals surface area contributed by atoms with Gasteiger partial charge in [0, 0.05) is 32.7 Å². The quantitative estimate of drug-likeness (QED) is 0.554. The van der Waals surface area contributed by atoms with Gasteiger partial charge >= 0.3 is 12.7 Å². The van der Waals surface area contributed by atoms with E-state index in [4.69, 9.17) is 15.2 Å². The van der Waals surface area contributed by atoms with E-state index in [2.05, 4.69) is 9.73 Å². The maximum Gasteiger partial charge on any atom is 0.410 e. The minimum Gasteiger partial charge on any atom is -0.493 e. The van der Waals surface area contributed by atoms with E-state index in [1.807, 2.05) is 25.7 Å². The fraction of sp³-hybridized carbons (Fsp3) is 0.600. The Bertz CT molecular complexity index is 745. The van der Waals surface area contributed by atoms with E-state index in [1.54, 1.807) is 17.0 Å². The van der Waals surface area contributed by atoms with E-state index in [0.29, 0.717) is 45.1 Å². The van der Waals surface area contributed by atoms with Crippen LogP contribution in [0, 0.1) is 0 Å². The average molecular weight is 428 g/mol. The monoisotopic (exact) mass is 428 g/mol. The third-order valence-electron chi connectivity index (χ3n) is 4.37.